The molecule has 2 amide bonds. The van der Waals surface area contributed by atoms with E-state index in [-0.39, 0.29) is 16.8 Å². The van der Waals surface area contributed by atoms with Crippen LogP contribution in [0.5, 0.6) is 0 Å². The number of nitrogens with one attached hydrogen (secondary N) is 2. The standard InChI is InChI=1S/C19H22ClFN6O2/c20-13-1-2-17(16(21)9-13)24-19(28)23-14-3-4-27(12-14)18-10-15(11-22-25-18)26-5-7-29-8-6-26/h1-2,9-11,14H,3-8,12H2,(H2,23,24,28)/t14-/m0/s1. The first-order valence-corrected chi connectivity index (χ1v) is 9.89. The third-order valence-corrected chi connectivity index (χ3v) is 5.27. The highest BCUT2D eigenvalue weighted by Crippen LogP contribution is 2.23. The zero-order valence-corrected chi connectivity index (χ0v) is 16.5. The number of carbonyl (C=O) groups excluding carboxylic acids is 1. The summed E-state index contributed by atoms with van der Waals surface area (Å²) in [6, 6.07) is 5.62. The largest absolute Gasteiger partial charge is 0.378 e. The van der Waals surface area contributed by atoms with E-state index in [4.69, 9.17) is 16.3 Å². The summed E-state index contributed by atoms with van der Waals surface area (Å²) in [5.74, 6) is 0.207. The fraction of sp³-hybridized carbons (Fsp3) is 0.421. The highest BCUT2D eigenvalue weighted by atomic mass is 35.5. The number of benzene rings is 1. The molecule has 4 rings (SSSR count). The van der Waals surface area contributed by atoms with E-state index in [1.165, 1.54) is 12.1 Å². The van der Waals surface area contributed by atoms with Crippen LogP contribution in [0.2, 0.25) is 5.02 Å². The lowest BCUT2D eigenvalue weighted by molar-refractivity contribution is 0.122. The van der Waals surface area contributed by atoms with Crippen LogP contribution in [0.25, 0.3) is 0 Å². The molecular formula is C19H22ClFN6O2. The Morgan fingerprint density at radius 3 is 2.83 bits per heavy atom. The van der Waals surface area contributed by atoms with Gasteiger partial charge in [-0.1, -0.05) is 11.6 Å². The predicted molar refractivity (Wildman–Crippen MR) is 109 cm³/mol. The molecule has 2 fully saturated rings. The van der Waals surface area contributed by atoms with Gasteiger partial charge in [-0.3, -0.25) is 0 Å². The van der Waals surface area contributed by atoms with Gasteiger partial charge in [0, 0.05) is 43.3 Å². The molecule has 0 bridgehead atoms. The van der Waals surface area contributed by atoms with Crippen molar-refractivity contribution in [3.05, 3.63) is 41.3 Å². The van der Waals surface area contributed by atoms with Crippen LogP contribution in [0.1, 0.15) is 6.42 Å². The normalized spacial score (nSPS) is 19.3. The monoisotopic (exact) mass is 420 g/mol. The van der Waals surface area contributed by atoms with E-state index in [1.807, 2.05) is 6.07 Å². The highest BCUT2D eigenvalue weighted by Gasteiger charge is 2.26. The van der Waals surface area contributed by atoms with Gasteiger partial charge < -0.3 is 25.2 Å². The zero-order valence-electron chi connectivity index (χ0n) is 15.8. The average Bonchev–Trinajstić information content (AvgIpc) is 3.19. The van der Waals surface area contributed by atoms with E-state index >= 15 is 0 Å². The number of halogens is 2. The first-order chi connectivity index (χ1) is 14.1. The molecule has 2 aromatic rings. The van der Waals surface area contributed by atoms with Gasteiger partial charge in [0.2, 0.25) is 0 Å². The van der Waals surface area contributed by atoms with Crippen LogP contribution < -0.4 is 20.4 Å². The van der Waals surface area contributed by atoms with E-state index in [0.29, 0.717) is 19.8 Å². The number of anilines is 3. The number of carbonyl (C=O) groups is 1. The number of hydrogen-bond acceptors (Lipinski definition) is 6. The van der Waals surface area contributed by atoms with Crippen molar-refractivity contribution in [2.75, 3.05) is 54.5 Å². The van der Waals surface area contributed by atoms with Crippen molar-refractivity contribution >= 4 is 34.8 Å². The lowest BCUT2D eigenvalue weighted by atomic mass is 10.2. The van der Waals surface area contributed by atoms with Crippen LogP contribution in [0, 0.1) is 5.82 Å². The smallest absolute Gasteiger partial charge is 0.319 e. The van der Waals surface area contributed by atoms with E-state index in [0.717, 1.165) is 43.6 Å². The molecule has 29 heavy (non-hydrogen) atoms. The molecule has 1 aromatic heterocycles. The van der Waals surface area contributed by atoms with Crippen molar-refractivity contribution in [1.82, 2.24) is 15.5 Å². The molecule has 2 aliphatic heterocycles. The molecule has 10 heteroatoms. The molecule has 0 saturated carbocycles. The third kappa shape index (κ3) is 4.86. The Morgan fingerprint density at radius 2 is 2.03 bits per heavy atom. The molecule has 0 radical (unpaired) electrons. The number of rotatable bonds is 4. The summed E-state index contributed by atoms with van der Waals surface area (Å²) in [4.78, 5) is 16.5. The number of morpholine rings is 1. The van der Waals surface area contributed by atoms with Gasteiger partial charge in [0.05, 0.1) is 30.8 Å². The minimum atomic E-state index is -0.573. The Labute approximate surface area is 173 Å². The lowest BCUT2D eigenvalue weighted by Gasteiger charge is -2.29. The maximum atomic E-state index is 13.8. The van der Waals surface area contributed by atoms with Gasteiger partial charge in [-0.15, -0.1) is 5.10 Å². The number of urea groups is 1. The Morgan fingerprint density at radius 1 is 1.21 bits per heavy atom. The highest BCUT2D eigenvalue weighted by molar-refractivity contribution is 6.30. The Balaban J connectivity index is 1.33. The topological polar surface area (TPSA) is 82.6 Å². The predicted octanol–water partition coefficient (Wildman–Crippen LogP) is 2.51. The summed E-state index contributed by atoms with van der Waals surface area (Å²) >= 11 is 5.73. The molecule has 0 unspecified atom stereocenters. The zero-order chi connectivity index (χ0) is 20.2. The number of ether oxygens (including phenoxy) is 1. The summed E-state index contributed by atoms with van der Waals surface area (Å²) in [7, 11) is 0. The van der Waals surface area contributed by atoms with Gasteiger partial charge in [0.25, 0.3) is 0 Å². The maximum absolute atomic E-state index is 13.8. The SMILES string of the molecule is O=C(Nc1ccc(Cl)cc1F)N[C@H]1CCN(c2cc(N3CCOCC3)cnn2)C1. The quantitative estimate of drug-likeness (QED) is 0.790. The fourth-order valence-electron chi connectivity index (χ4n) is 3.52. The van der Waals surface area contributed by atoms with Crippen LogP contribution in [-0.4, -0.2) is 61.7 Å². The van der Waals surface area contributed by atoms with Gasteiger partial charge in [-0.25, -0.2) is 9.18 Å². The average molecular weight is 421 g/mol. The van der Waals surface area contributed by atoms with Crippen molar-refractivity contribution in [3.63, 3.8) is 0 Å². The van der Waals surface area contributed by atoms with Gasteiger partial charge in [0.1, 0.15) is 5.82 Å². The Hall–Kier alpha value is -2.65. The van der Waals surface area contributed by atoms with E-state index < -0.39 is 11.8 Å². The van der Waals surface area contributed by atoms with Gasteiger partial charge in [-0.05, 0) is 24.6 Å². The number of aromatic nitrogens is 2. The van der Waals surface area contributed by atoms with E-state index in [2.05, 4.69) is 30.6 Å². The fourth-order valence-corrected chi connectivity index (χ4v) is 3.67. The summed E-state index contributed by atoms with van der Waals surface area (Å²) in [5, 5.41) is 14.1. The second kappa shape index (κ2) is 8.79. The molecule has 1 atom stereocenters. The number of hydrogen-bond donors (Lipinski definition) is 2. The summed E-state index contributed by atoms with van der Waals surface area (Å²) < 4.78 is 19.2. The van der Waals surface area contributed by atoms with Crippen molar-refractivity contribution in [3.8, 4) is 0 Å². The minimum absolute atomic E-state index is 0.0702. The molecule has 2 saturated heterocycles. The molecular weight excluding hydrogens is 399 g/mol. The molecule has 0 aliphatic carbocycles. The van der Waals surface area contributed by atoms with Crippen LogP contribution in [0.3, 0.4) is 0 Å². The maximum Gasteiger partial charge on any atom is 0.319 e. The first kappa shape index (κ1) is 19.7. The summed E-state index contributed by atoms with van der Waals surface area (Å²) in [5.41, 5.74) is 1.11. The van der Waals surface area contributed by atoms with Crippen molar-refractivity contribution in [2.24, 2.45) is 0 Å². The van der Waals surface area contributed by atoms with Crippen LogP contribution in [-0.2, 0) is 4.74 Å². The molecule has 2 aliphatic rings. The summed E-state index contributed by atoms with van der Waals surface area (Å²) in [6.07, 6.45) is 2.52. The van der Waals surface area contributed by atoms with Crippen LogP contribution in [0.4, 0.5) is 26.4 Å². The first-order valence-electron chi connectivity index (χ1n) is 9.51. The van der Waals surface area contributed by atoms with E-state index in [1.54, 1.807) is 6.20 Å². The van der Waals surface area contributed by atoms with Crippen molar-refractivity contribution < 1.29 is 13.9 Å². The third-order valence-electron chi connectivity index (χ3n) is 5.03. The second-order valence-corrected chi connectivity index (χ2v) is 7.46. The molecule has 0 spiro atoms. The van der Waals surface area contributed by atoms with Crippen molar-refractivity contribution in [1.29, 1.82) is 0 Å². The number of amides is 2. The summed E-state index contributed by atoms with van der Waals surface area (Å²) in [6.45, 7) is 4.43. The van der Waals surface area contributed by atoms with Crippen molar-refractivity contribution in [2.45, 2.75) is 12.5 Å². The van der Waals surface area contributed by atoms with Crippen LogP contribution >= 0.6 is 11.6 Å². The van der Waals surface area contributed by atoms with Crippen LogP contribution in [0.15, 0.2) is 30.5 Å². The molecule has 154 valence electrons. The molecule has 1 aromatic carbocycles. The molecule has 3 heterocycles. The lowest BCUT2D eigenvalue weighted by Crippen LogP contribution is -2.40. The second-order valence-electron chi connectivity index (χ2n) is 7.03. The molecule has 2 N–H and O–H groups in total. The molecule has 8 nitrogen and oxygen atoms in total. The minimum Gasteiger partial charge on any atom is -0.378 e. The Kier molecular flexibility index (Phi) is 5.96. The Bertz CT molecular complexity index is 880. The van der Waals surface area contributed by atoms with Gasteiger partial charge >= 0.3 is 6.03 Å². The number of nitrogens with zero attached hydrogens (tertiary/aromatic N) is 4. The van der Waals surface area contributed by atoms with Gasteiger partial charge in [-0.2, -0.15) is 5.10 Å². The van der Waals surface area contributed by atoms with Gasteiger partial charge in [0.15, 0.2) is 5.82 Å². The van der Waals surface area contributed by atoms with E-state index in [9.17, 15) is 9.18 Å².